The molecule has 0 spiro atoms. The summed E-state index contributed by atoms with van der Waals surface area (Å²) in [6.07, 6.45) is 0.867. The van der Waals surface area contributed by atoms with Gasteiger partial charge in [-0.05, 0) is 71.1 Å². The maximum atomic E-state index is 5.52. The quantitative estimate of drug-likeness (QED) is 0.508. The van der Waals surface area contributed by atoms with Gasteiger partial charge in [-0.1, -0.05) is 18.2 Å². The summed E-state index contributed by atoms with van der Waals surface area (Å²) >= 11 is 7.83. The number of hydrogen-bond donors (Lipinski definition) is 1. The minimum Gasteiger partial charge on any atom is -0.384 e. The number of aromatic amines is 1. The molecule has 21 heavy (non-hydrogen) atoms. The fourth-order valence-corrected chi connectivity index (χ4v) is 3.27. The standard InChI is InChI=1S/C16H15IN2OS/c1-20-9-8-11-4-2-3-5-14(11)19-15-7-6-12(17)10-13(15)18-16(19)21/h2-7,10H,8-9H2,1H3,(H,18,21). The Morgan fingerprint density at radius 1 is 1.24 bits per heavy atom. The van der Waals surface area contributed by atoms with Crippen molar-refractivity contribution in [3.8, 4) is 5.69 Å². The third-order valence-electron chi connectivity index (χ3n) is 3.45. The van der Waals surface area contributed by atoms with Crippen LogP contribution in [0.2, 0.25) is 0 Å². The highest BCUT2D eigenvalue weighted by molar-refractivity contribution is 14.1. The summed E-state index contributed by atoms with van der Waals surface area (Å²) in [6, 6.07) is 14.6. The number of rotatable bonds is 4. The van der Waals surface area contributed by atoms with E-state index in [0.717, 1.165) is 27.9 Å². The molecule has 108 valence electrons. The van der Waals surface area contributed by atoms with Crippen LogP contribution in [-0.4, -0.2) is 23.3 Å². The number of hydrogen-bond acceptors (Lipinski definition) is 2. The van der Waals surface area contributed by atoms with Crippen LogP contribution in [-0.2, 0) is 11.2 Å². The molecule has 0 radical (unpaired) electrons. The summed E-state index contributed by atoms with van der Waals surface area (Å²) in [5.41, 5.74) is 4.51. The van der Waals surface area contributed by atoms with Gasteiger partial charge in [0.1, 0.15) is 0 Å². The van der Waals surface area contributed by atoms with E-state index in [1.54, 1.807) is 7.11 Å². The average molecular weight is 410 g/mol. The zero-order chi connectivity index (χ0) is 14.8. The summed E-state index contributed by atoms with van der Waals surface area (Å²) < 4.78 is 9.22. The Morgan fingerprint density at radius 3 is 2.86 bits per heavy atom. The van der Waals surface area contributed by atoms with E-state index >= 15 is 0 Å². The van der Waals surface area contributed by atoms with Gasteiger partial charge in [-0.3, -0.25) is 4.57 Å². The highest BCUT2D eigenvalue weighted by Gasteiger charge is 2.10. The van der Waals surface area contributed by atoms with E-state index in [1.807, 2.05) is 6.07 Å². The number of imidazole rings is 1. The van der Waals surface area contributed by atoms with E-state index in [-0.39, 0.29) is 0 Å². The van der Waals surface area contributed by atoms with Crippen molar-refractivity contribution in [2.75, 3.05) is 13.7 Å². The van der Waals surface area contributed by atoms with Crippen molar-refractivity contribution in [2.45, 2.75) is 6.42 Å². The Hall–Kier alpha value is -1.18. The monoisotopic (exact) mass is 410 g/mol. The molecule has 0 unspecified atom stereocenters. The van der Waals surface area contributed by atoms with Crippen LogP contribution in [0.4, 0.5) is 0 Å². The Balaban J connectivity index is 2.21. The Labute approximate surface area is 142 Å². The first kappa shape index (κ1) is 14.7. The van der Waals surface area contributed by atoms with Crippen LogP contribution in [0.25, 0.3) is 16.7 Å². The van der Waals surface area contributed by atoms with E-state index in [2.05, 4.69) is 68.5 Å². The fraction of sp³-hybridized carbons (Fsp3) is 0.188. The Kier molecular flexibility index (Phi) is 4.42. The summed E-state index contributed by atoms with van der Waals surface area (Å²) in [4.78, 5) is 3.29. The highest BCUT2D eigenvalue weighted by Crippen LogP contribution is 2.24. The number of benzene rings is 2. The molecule has 1 aromatic heterocycles. The number of H-pyrrole nitrogens is 1. The van der Waals surface area contributed by atoms with Gasteiger partial charge in [0.25, 0.3) is 0 Å². The normalized spacial score (nSPS) is 11.1. The lowest BCUT2D eigenvalue weighted by molar-refractivity contribution is 0.202. The van der Waals surface area contributed by atoms with Gasteiger partial charge >= 0.3 is 0 Å². The number of para-hydroxylation sites is 1. The molecule has 3 nitrogen and oxygen atoms in total. The van der Waals surface area contributed by atoms with Crippen LogP contribution in [0.1, 0.15) is 5.56 Å². The van der Waals surface area contributed by atoms with Gasteiger partial charge in [0.05, 0.1) is 23.3 Å². The first-order valence-corrected chi connectivity index (χ1v) is 8.17. The van der Waals surface area contributed by atoms with Gasteiger partial charge in [-0.25, -0.2) is 0 Å². The van der Waals surface area contributed by atoms with E-state index in [1.165, 1.54) is 9.13 Å². The molecular weight excluding hydrogens is 395 g/mol. The maximum absolute atomic E-state index is 5.52. The third-order valence-corrected chi connectivity index (χ3v) is 4.41. The molecule has 0 bridgehead atoms. The number of fused-ring (bicyclic) bond motifs is 1. The predicted octanol–water partition coefficient (Wildman–Crippen LogP) is 4.48. The molecule has 0 aliphatic heterocycles. The minimum atomic E-state index is 0.699. The zero-order valence-electron chi connectivity index (χ0n) is 11.6. The maximum Gasteiger partial charge on any atom is 0.182 e. The summed E-state index contributed by atoms with van der Waals surface area (Å²) in [6.45, 7) is 0.699. The number of nitrogens with one attached hydrogen (secondary N) is 1. The number of ether oxygens (including phenoxy) is 1. The molecule has 2 aromatic carbocycles. The number of methoxy groups -OCH3 is 1. The van der Waals surface area contributed by atoms with Crippen molar-refractivity contribution in [3.63, 3.8) is 0 Å². The molecule has 0 saturated carbocycles. The average Bonchev–Trinajstić information content (AvgIpc) is 2.80. The topological polar surface area (TPSA) is 29.9 Å². The van der Waals surface area contributed by atoms with Gasteiger partial charge in [0.15, 0.2) is 4.77 Å². The minimum absolute atomic E-state index is 0.699. The molecule has 0 amide bonds. The molecule has 0 fully saturated rings. The molecular formula is C16H15IN2OS. The van der Waals surface area contributed by atoms with Crippen molar-refractivity contribution in [3.05, 3.63) is 56.4 Å². The summed E-state index contributed by atoms with van der Waals surface area (Å²) in [5.74, 6) is 0. The van der Waals surface area contributed by atoms with Crippen LogP contribution in [0.5, 0.6) is 0 Å². The molecule has 5 heteroatoms. The van der Waals surface area contributed by atoms with Crippen molar-refractivity contribution in [2.24, 2.45) is 0 Å². The molecule has 0 aliphatic rings. The van der Waals surface area contributed by atoms with E-state index < -0.39 is 0 Å². The van der Waals surface area contributed by atoms with Gasteiger partial charge in [-0.15, -0.1) is 0 Å². The molecule has 0 atom stereocenters. The van der Waals surface area contributed by atoms with Crippen molar-refractivity contribution in [1.82, 2.24) is 9.55 Å². The van der Waals surface area contributed by atoms with Crippen LogP contribution in [0, 0.1) is 8.34 Å². The van der Waals surface area contributed by atoms with E-state index in [9.17, 15) is 0 Å². The van der Waals surface area contributed by atoms with Crippen molar-refractivity contribution in [1.29, 1.82) is 0 Å². The second-order valence-electron chi connectivity index (χ2n) is 4.80. The van der Waals surface area contributed by atoms with Crippen molar-refractivity contribution < 1.29 is 4.74 Å². The number of halogens is 1. The van der Waals surface area contributed by atoms with Gasteiger partial charge in [0.2, 0.25) is 0 Å². The SMILES string of the molecule is COCCc1ccccc1-n1c(=S)[nH]c2cc(I)ccc21. The molecule has 0 saturated heterocycles. The number of aromatic nitrogens is 2. The molecule has 3 rings (SSSR count). The highest BCUT2D eigenvalue weighted by atomic mass is 127. The zero-order valence-corrected chi connectivity index (χ0v) is 14.6. The lowest BCUT2D eigenvalue weighted by Gasteiger charge is -2.11. The van der Waals surface area contributed by atoms with Crippen LogP contribution < -0.4 is 0 Å². The second kappa shape index (κ2) is 6.29. The van der Waals surface area contributed by atoms with Crippen LogP contribution >= 0.6 is 34.8 Å². The van der Waals surface area contributed by atoms with Crippen molar-refractivity contribution >= 4 is 45.8 Å². The molecule has 1 N–H and O–H groups in total. The second-order valence-corrected chi connectivity index (χ2v) is 6.43. The Bertz CT molecular complexity index is 838. The molecule has 3 aromatic rings. The summed E-state index contributed by atoms with van der Waals surface area (Å²) in [7, 11) is 1.72. The Morgan fingerprint density at radius 2 is 2.05 bits per heavy atom. The third kappa shape index (κ3) is 2.90. The lowest BCUT2D eigenvalue weighted by atomic mass is 10.1. The molecule has 1 heterocycles. The summed E-state index contributed by atoms with van der Waals surface area (Å²) in [5, 5.41) is 0. The van der Waals surface area contributed by atoms with Crippen LogP contribution in [0.15, 0.2) is 42.5 Å². The smallest absolute Gasteiger partial charge is 0.182 e. The van der Waals surface area contributed by atoms with Crippen LogP contribution in [0.3, 0.4) is 0 Å². The first-order valence-electron chi connectivity index (χ1n) is 6.68. The van der Waals surface area contributed by atoms with Gasteiger partial charge < -0.3 is 9.72 Å². The molecule has 0 aliphatic carbocycles. The predicted molar refractivity (Wildman–Crippen MR) is 96.8 cm³/mol. The fourth-order valence-electron chi connectivity index (χ4n) is 2.48. The van der Waals surface area contributed by atoms with Gasteiger partial charge in [0, 0.05) is 10.7 Å². The lowest BCUT2D eigenvalue weighted by Crippen LogP contribution is -2.02. The van der Waals surface area contributed by atoms with E-state index in [4.69, 9.17) is 17.0 Å². The number of nitrogens with zero attached hydrogens (tertiary/aromatic N) is 1. The largest absolute Gasteiger partial charge is 0.384 e. The first-order chi connectivity index (χ1) is 10.2. The van der Waals surface area contributed by atoms with E-state index in [0.29, 0.717) is 6.61 Å². The van der Waals surface area contributed by atoms with Gasteiger partial charge in [-0.2, -0.15) is 0 Å².